The summed E-state index contributed by atoms with van der Waals surface area (Å²) >= 11 is 0. The second kappa shape index (κ2) is 11.8. The van der Waals surface area contributed by atoms with E-state index in [-0.39, 0.29) is 0 Å². The van der Waals surface area contributed by atoms with E-state index in [0.29, 0.717) is 0 Å². The Balaban J connectivity index is 1.56. The zero-order chi connectivity index (χ0) is 18.6. The van der Waals surface area contributed by atoms with Crippen LogP contribution in [0.25, 0.3) is 0 Å². The maximum Gasteiger partial charge on any atom is 0.190 e. The molecule has 1 aliphatic heterocycles. The van der Waals surface area contributed by atoms with Gasteiger partial charge in [-0.05, 0) is 44.5 Å². The molecule has 0 bridgehead atoms. The minimum absolute atomic E-state index is 0.835. The van der Waals surface area contributed by atoms with E-state index >= 15 is 0 Å². The van der Waals surface area contributed by atoms with E-state index in [1.165, 1.54) is 51.1 Å². The van der Waals surface area contributed by atoms with Crippen LogP contribution in [0.3, 0.4) is 0 Å². The maximum atomic E-state index is 5.40. The van der Waals surface area contributed by atoms with Crippen molar-refractivity contribution in [3.8, 4) is 5.75 Å². The van der Waals surface area contributed by atoms with Crippen LogP contribution in [0, 0.1) is 0 Å². The summed E-state index contributed by atoms with van der Waals surface area (Å²) in [4.78, 5) is 9.28. The molecule has 0 aromatic heterocycles. The van der Waals surface area contributed by atoms with Gasteiger partial charge in [0.2, 0.25) is 0 Å². The highest BCUT2D eigenvalue weighted by Crippen LogP contribution is 2.17. The molecule has 26 heavy (non-hydrogen) atoms. The second-order valence-corrected chi connectivity index (χ2v) is 6.84. The largest absolute Gasteiger partial charge is 0.496 e. The topological polar surface area (TPSA) is 52.1 Å². The Hall–Kier alpha value is -1.79. The van der Waals surface area contributed by atoms with Gasteiger partial charge in [0.15, 0.2) is 5.96 Å². The first kappa shape index (κ1) is 20.5. The number of piperazine rings is 1. The Kier molecular flexibility index (Phi) is 9.28. The first-order valence-corrected chi connectivity index (χ1v) is 9.70. The lowest BCUT2D eigenvalue weighted by Crippen LogP contribution is -2.44. The molecule has 0 spiro atoms. The van der Waals surface area contributed by atoms with Crippen LogP contribution < -0.4 is 15.4 Å². The van der Waals surface area contributed by atoms with Crippen LogP contribution in [-0.4, -0.2) is 82.8 Å². The van der Waals surface area contributed by atoms with Gasteiger partial charge in [0.05, 0.1) is 7.11 Å². The maximum absolute atomic E-state index is 5.40. The third-order valence-electron chi connectivity index (χ3n) is 4.89. The standard InChI is InChI=1S/C20H35N5O/c1-21-20(23-12-10-18-8-4-5-9-19(18)26-3)22-11-6-7-13-25-16-14-24(2)15-17-25/h4-5,8-9H,6-7,10-17H2,1-3H3,(H2,21,22,23). The van der Waals surface area contributed by atoms with Gasteiger partial charge < -0.3 is 25.2 Å². The second-order valence-electron chi connectivity index (χ2n) is 6.84. The molecular formula is C20H35N5O. The third kappa shape index (κ3) is 7.22. The van der Waals surface area contributed by atoms with E-state index in [1.54, 1.807) is 7.11 Å². The van der Waals surface area contributed by atoms with Crippen LogP contribution in [0.15, 0.2) is 29.3 Å². The number of guanidine groups is 1. The Morgan fingerprint density at radius 3 is 2.54 bits per heavy atom. The van der Waals surface area contributed by atoms with Crippen LogP contribution in [0.1, 0.15) is 18.4 Å². The van der Waals surface area contributed by atoms with Crippen molar-refractivity contribution in [2.45, 2.75) is 19.3 Å². The number of likely N-dealkylation sites (N-methyl/N-ethyl adjacent to an activating group) is 1. The van der Waals surface area contributed by atoms with Crippen molar-refractivity contribution in [3.05, 3.63) is 29.8 Å². The summed E-state index contributed by atoms with van der Waals surface area (Å²) in [6, 6.07) is 8.15. The first-order valence-electron chi connectivity index (χ1n) is 9.70. The number of rotatable bonds is 9. The van der Waals surface area contributed by atoms with Crippen molar-refractivity contribution in [2.75, 3.05) is 67.0 Å². The molecule has 1 aromatic rings. The minimum atomic E-state index is 0.835. The highest BCUT2D eigenvalue weighted by molar-refractivity contribution is 5.79. The number of nitrogens with one attached hydrogen (secondary N) is 2. The first-order chi connectivity index (χ1) is 12.7. The van der Waals surface area contributed by atoms with Gasteiger partial charge in [-0.3, -0.25) is 4.99 Å². The summed E-state index contributed by atoms with van der Waals surface area (Å²) in [5, 5.41) is 6.79. The lowest BCUT2D eigenvalue weighted by molar-refractivity contribution is 0.152. The summed E-state index contributed by atoms with van der Waals surface area (Å²) in [5.41, 5.74) is 1.21. The Morgan fingerprint density at radius 1 is 1.08 bits per heavy atom. The van der Waals surface area contributed by atoms with E-state index in [2.05, 4.69) is 38.5 Å². The summed E-state index contributed by atoms with van der Waals surface area (Å²) in [6.07, 6.45) is 3.31. The molecule has 1 heterocycles. The number of hydrogen-bond acceptors (Lipinski definition) is 4. The van der Waals surface area contributed by atoms with E-state index in [0.717, 1.165) is 31.2 Å². The lowest BCUT2D eigenvalue weighted by Gasteiger charge is -2.32. The monoisotopic (exact) mass is 361 g/mol. The summed E-state index contributed by atoms with van der Waals surface area (Å²) < 4.78 is 5.40. The molecule has 0 radical (unpaired) electrons. The number of benzene rings is 1. The number of ether oxygens (including phenoxy) is 1. The van der Waals surface area contributed by atoms with Gasteiger partial charge in [0.1, 0.15) is 5.75 Å². The summed E-state index contributed by atoms with van der Waals surface area (Å²) in [7, 11) is 5.74. The zero-order valence-electron chi connectivity index (χ0n) is 16.6. The molecule has 1 saturated heterocycles. The molecule has 0 amide bonds. The average molecular weight is 362 g/mol. The summed E-state index contributed by atoms with van der Waals surface area (Å²) in [5.74, 6) is 1.82. The van der Waals surface area contributed by atoms with E-state index in [1.807, 2.05) is 25.2 Å². The van der Waals surface area contributed by atoms with Gasteiger partial charge in [0.25, 0.3) is 0 Å². The van der Waals surface area contributed by atoms with Gasteiger partial charge in [-0.15, -0.1) is 0 Å². The molecule has 2 N–H and O–H groups in total. The smallest absolute Gasteiger partial charge is 0.190 e. The SMILES string of the molecule is CN=C(NCCCCN1CCN(C)CC1)NCCc1ccccc1OC. The predicted octanol–water partition coefficient (Wildman–Crippen LogP) is 1.43. The third-order valence-corrected chi connectivity index (χ3v) is 4.89. The Morgan fingerprint density at radius 2 is 1.81 bits per heavy atom. The van der Waals surface area contributed by atoms with Gasteiger partial charge in [-0.25, -0.2) is 0 Å². The molecule has 0 atom stereocenters. The highest BCUT2D eigenvalue weighted by atomic mass is 16.5. The van der Waals surface area contributed by atoms with Gasteiger partial charge >= 0.3 is 0 Å². The van der Waals surface area contributed by atoms with Crippen molar-refractivity contribution in [1.82, 2.24) is 20.4 Å². The fourth-order valence-electron chi connectivity index (χ4n) is 3.18. The molecule has 6 heteroatoms. The fourth-order valence-corrected chi connectivity index (χ4v) is 3.18. The van der Waals surface area contributed by atoms with E-state index in [9.17, 15) is 0 Å². The number of para-hydroxylation sites is 1. The number of unbranched alkanes of at least 4 members (excludes halogenated alkanes) is 1. The van der Waals surface area contributed by atoms with Gasteiger partial charge in [-0.2, -0.15) is 0 Å². The normalized spacial score (nSPS) is 16.5. The van der Waals surface area contributed by atoms with Crippen molar-refractivity contribution in [3.63, 3.8) is 0 Å². The van der Waals surface area contributed by atoms with Crippen molar-refractivity contribution < 1.29 is 4.74 Å². The molecule has 6 nitrogen and oxygen atoms in total. The predicted molar refractivity (Wildman–Crippen MR) is 109 cm³/mol. The molecule has 146 valence electrons. The van der Waals surface area contributed by atoms with Crippen LogP contribution in [0.5, 0.6) is 5.75 Å². The number of nitrogens with zero attached hydrogens (tertiary/aromatic N) is 3. The number of aliphatic imine (C=N–C) groups is 1. The fraction of sp³-hybridized carbons (Fsp3) is 0.650. The van der Waals surface area contributed by atoms with Crippen LogP contribution in [0.4, 0.5) is 0 Å². The van der Waals surface area contributed by atoms with Gasteiger partial charge in [-0.1, -0.05) is 18.2 Å². The Labute approximate surface area is 158 Å². The molecule has 2 rings (SSSR count). The number of hydrogen-bond donors (Lipinski definition) is 2. The summed E-state index contributed by atoms with van der Waals surface area (Å²) in [6.45, 7) is 7.80. The average Bonchev–Trinajstić information content (AvgIpc) is 2.68. The molecule has 1 fully saturated rings. The Bertz CT molecular complexity index is 541. The molecule has 1 aliphatic rings. The van der Waals surface area contributed by atoms with Crippen LogP contribution in [0.2, 0.25) is 0 Å². The van der Waals surface area contributed by atoms with Gasteiger partial charge in [0, 0.05) is 46.3 Å². The number of methoxy groups -OCH3 is 1. The van der Waals surface area contributed by atoms with Crippen LogP contribution >= 0.6 is 0 Å². The molecule has 0 saturated carbocycles. The molecular weight excluding hydrogens is 326 g/mol. The van der Waals surface area contributed by atoms with Crippen molar-refractivity contribution >= 4 is 5.96 Å². The quantitative estimate of drug-likeness (QED) is 0.396. The molecule has 0 unspecified atom stereocenters. The zero-order valence-corrected chi connectivity index (χ0v) is 16.6. The molecule has 1 aromatic carbocycles. The lowest BCUT2D eigenvalue weighted by atomic mass is 10.1. The van der Waals surface area contributed by atoms with E-state index < -0.39 is 0 Å². The van der Waals surface area contributed by atoms with Crippen LogP contribution in [-0.2, 0) is 6.42 Å². The highest BCUT2D eigenvalue weighted by Gasteiger charge is 2.12. The minimum Gasteiger partial charge on any atom is -0.496 e. The van der Waals surface area contributed by atoms with Crippen molar-refractivity contribution in [1.29, 1.82) is 0 Å². The van der Waals surface area contributed by atoms with E-state index in [4.69, 9.17) is 4.74 Å². The molecule has 0 aliphatic carbocycles. The van der Waals surface area contributed by atoms with Crippen molar-refractivity contribution in [2.24, 2.45) is 4.99 Å².